The Hall–Kier alpha value is -0.288. The van der Waals surface area contributed by atoms with Crippen LogP contribution in [0.1, 0.15) is 52.7 Å². The highest BCUT2D eigenvalue weighted by molar-refractivity contribution is 6.33. The predicted molar refractivity (Wildman–Crippen MR) is 72.8 cm³/mol. The highest BCUT2D eigenvalue weighted by atomic mass is 27.0. The van der Waals surface area contributed by atoms with Crippen LogP contribution in [0.2, 0.25) is 0 Å². The Morgan fingerprint density at radius 3 is 1.75 bits per heavy atom. The monoisotopic (exact) mass is 234 g/mol. The number of benzene rings is 1. The maximum Gasteiger partial charge on any atom is 0.176 e. The Bertz CT molecular complexity index is 356. The van der Waals surface area contributed by atoms with Crippen LogP contribution in [0.25, 0.3) is 0 Å². The van der Waals surface area contributed by atoms with E-state index in [4.69, 9.17) is 0 Å². The van der Waals surface area contributed by atoms with Gasteiger partial charge in [-0.25, -0.2) is 0 Å². The second-order valence-corrected chi connectivity index (χ2v) is 6.92. The lowest BCUT2D eigenvalue weighted by Crippen LogP contribution is -2.25. The summed E-state index contributed by atoms with van der Waals surface area (Å²) in [6.45, 7) is 13.6. The second kappa shape index (κ2) is 4.92. The molecular formula is C14H23AlO. The van der Waals surface area contributed by atoms with Crippen LogP contribution in [0, 0.1) is 0 Å². The van der Waals surface area contributed by atoms with Gasteiger partial charge in [-0.3, -0.25) is 0 Å². The standard InChI is InChI=1S/C14H21.Al.H2O/c1-13(2,3)11-8-7-9-12(10-11)14(4,5)6;;/h7-8,10H,1-6H3;;1H2. The van der Waals surface area contributed by atoms with Crippen molar-refractivity contribution < 1.29 is 5.48 Å². The van der Waals surface area contributed by atoms with Crippen molar-refractivity contribution in [2.24, 2.45) is 0 Å². The zero-order chi connectivity index (χ0) is 11.9. The molecule has 0 saturated carbocycles. The minimum absolute atomic E-state index is 0. The molecule has 2 N–H and O–H groups in total. The van der Waals surface area contributed by atoms with Gasteiger partial charge in [0.15, 0.2) is 16.3 Å². The van der Waals surface area contributed by atoms with Crippen molar-refractivity contribution in [3.63, 3.8) is 0 Å². The Labute approximate surface area is 108 Å². The third-order valence-corrected chi connectivity index (χ3v) is 3.23. The Morgan fingerprint density at radius 1 is 0.875 bits per heavy atom. The summed E-state index contributed by atoms with van der Waals surface area (Å²) in [4.78, 5) is 0. The molecule has 1 aromatic carbocycles. The van der Waals surface area contributed by atoms with Crippen LogP contribution in [0.5, 0.6) is 0 Å². The smallest absolute Gasteiger partial charge is 0.176 e. The summed E-state index contributed by atoms with van der Waals surface area (Å²) in [6, 6.07) is 6.80. The van der Waals surface area contributed by atoms with E-state index in [1.54, 1.807) is 0 Å². The van der Waals surface area contributed by atoms with Gasteiger partial charge in [0.05, 0.1) is 0 Å². The summed E-state index contributed by atoms with van der Waals surface area (Å²) in [5.41, 5.74) is 3.30. The van der Waals surface area contributed by atoms with Crippen molar-refractivity contribution in [3.05, 3.63) is 29.3 Å². The molecule has 0 spiro atoms. The van der Waals surface area contributed by atoms with Gasteiger partial charge in [0, 0.05) is 0 Å². The Balaban J connectivity index is 0.00000225. The van der Waals surface area contributed by atoms with E-state index in [-0.39, 0.29) is 16.3 Å². The summed E-state index contributed by atoms with van der Waals surface area (Å²) in [7, 11) is 0. The van der Waals surface area contributed by atoms with Gasteiger partial charge >= 0.3 is 0 Å². The largest absolute Gasteiger partial charge is 0.412 e. The molecule has 1 aromatic rings. The number of hydrogen-bond donors (Lipinski definition) is 0. The van der Waals surface area contributed by atoms with Crippen LogP contribution in [0.15, 0.2) is 18.2 Å². The van der Waals surface area contributed by atoms with Crippen molar-refractivity contribution >= 4 is 20.7 Å². The second-order valence-electron chi connectivity index (χ2n) is 6.30. The molecule has 88 valence electrons. The predicted octanol–water partition coefficient (Wildman–Crippen LogP) is 2.25. The lowest BCUT2D eigenvalue weighted by Gasteiger charge is -2.27. The summed E-state index contributed by atoms with van der Waals surface area (Å²) < 4.78 is 1.32. The van der Waals surface area contributed by atoms with Gasteiger partial charge in [-0.2, -0.15) is 0 Å². The maximum atomic E-state index is 2.84. The molecule has 16 heavy (non-hydrogen) atoms. The fraction of sp³-hybridized carbons (Fsp3) is 0.571. The topological polar surface area (TPSA) is 31.5 Å². The summed E-state index contributed by atoms with van der Waals surface area (Å²) in [6.07, 6.45) is 0. The summed E-state index contributed by atoms with van der Waals surface area (Å²) >= 11 is 2.84. The van der Waals surface area contributed by atoms with Crippen molar-refractivity contribution in [2.45, 2.75) is 52.4 Å². The van der Waals surface area contributed by atoms with E-state index in [0.29, 0.717) is 0 Å². The van der Waals surface area contributed by atoms with E-state index < -0.39 is 0 Å². The van der Waals surface area contributed by atoms with Crippen LogP contribution < -0.4 is 4.43 Å². The van der Waals surface area contributed by atoms with Crippen LogP contribution in [-0.2, 0) is 10.8 Å². The van der Waals surface area contributed by atoms with Crippen molar-refractivity contribution in [3.8, 4) is 0 Å². The summed E-state index contributed by atoms with van der Waals surface area (Å²) in [5, 5.41) is 0. The average molecular weight is 234 g/mol. The normalized spacial score (nSPS) is 12.1. The Morgan fingerprint density at radius 2 is 1.38 bits per heavy atom. The lowest BCUT2D eigenvalue weighted by atomic mass is 9.81. The fourth-order valence-corrected chi connectivity index (χ4v) is 2.28. The first-order chi connectivity index (χ1) is 6.62. The highest BCUT2D eigenvalue weighted by Crippen LogP contribution is 2.27. The minimum atomic E-state index is 0. The van der Waals surface area contributed by atoms with E-state index in [0.717, 1.165) is 0 Å². The van der Waals surface area contributed by atoms with Gasteiger partial charge in [-0.05, 0) is 16.4 Å². The van der Waals surface area contributed by atoms with Gasteiger partial charge in [0.25, 0.3) is 0 Å². The molecule has 0 fully saturated rings. The number of hydrogen-bond acceptors (Lipinski definition) is 0. The van der Waals surface area contributed by atoms with Crippen molar-refractivity contribution in [1.82, 2.24) is 0 Å². The van der Waals surface area contributed by atoms with Crippen molar-refractivity contribution in [1.29, 1.82) is 0 Å². The number of rotatable bonds is 0. The summed E-state index contributed by atoms with van der Waals surface area (Å²) in [5.74, 6) is 0. The van der Waals surface area contributed by atoms with Crippen molar-refractivity contribution in [2.75, 3.05) is 0 Å². The van der Waals surface area contributed by atoms with E-state index >= 15 is 0 Å². The van der Waals surface area contributed by atoms with Crippen LogP contribution >= 0.6 is 0 Å². The van der Waals surface area contributed by atoms with E-state index in [1.807, 2.05) is 0 Å². The molecule has 2 radical (unpaired) electrons. The van der Waals surface area contributed by atoms with Gasteiger partial charge in [0.2, 0.25) is 0 Å². The first-order valence-corrected chi connectivity index (χ1v) is 6.10. The average Bonchev–Trinajstić information content (AvgIpc) is 2.00. The van der Waals surface area contributed by atoms with Gasteiger partial charge in [-0.1, -0.05) is 65.3 Å². The molecule has 1 rings (SSSR count). The van der Waals surface area contributed by atoms with Gasteiger partial charge in [-0.15, -0.1) is 4.43 Å². The van der Waals surface area contributed by atoms with Crippen LogP contribution in [0.4, 0.5) is 0 Å². The molecule has 0 aliphatic rings. The zero-order valence-corrected chi connectivity index (χ0v) is 12.5. The first-order valence-electron chi connectivity index (χ1n) is 5.53. The SMILES string of the molecule is CC(C)(C)c1cc[c]([Al])c(C(C)(C)C)c1.O. The highest BCUT2D eigenvalue weighted by Gasteiger charge is 2.19. The van der Waals surface area contributed by atoms with Gasteiger partial charge in [0.1, 0.15) is 0 Å². The molecule has 0 aromatic heterocycles. The molecule has 0 bridgehead atoms. The molecule has 0 aliphatic heterocycles. The molecule has 0 aliphatic carbocycles. The van der Waals surface area contributed by atoms with Gasteiger partial charge < -0.3 is 5.48 Å². The third-order valence-electron chi connectivity index (χ3n) is 2.73. The molecule has 0 saturated heterocycles. The molecule has 2 heteroatoms. The van der Waals surface area contributed by atoms with E-state index in [9.17, 15) is 0 Å². The lowest BCUT2D eigenvalue weighted by molar-refractivity contribution is 0.571. The van der Waals surface area contributed by atoms with E-state index in [2.05, 4.69) is 76.0 Å². The molecular weight excluding hydrogens is 211 g/mol. The molecule has 0 heterocycles. The zero-order valence-electron chi connectivity index (χ0n) is 11.3. The molecule has 1 nitrogen and oxygen atoms in total. The quantitative estimate of drug-likeness (QED) is 0.617. The molecule has 0 unspecified atom stereocenters. The molecule has 0 atom stereocenters. The van der Waals surface area contributed by atoms with Crippen LogP contribution in [-0.4, -0.2) is 21.8 Å². The molecule has 0 amide bonds. The van der Waals surface area contributed by atoms with Crippen LogP contribution in [0.3, 0.4) is 0 Å². The maximum absolute atomic E-state index is 2.84. The minimum Gasteiger partial charge on any atom is -0.412 e. The van der Waals surface area contributed by atoms with E-state index in [1.165, 1.54) is 15.6 Å². The first kappa shape index (κ1) is 15.7. The fourth-order valence-electron chi connectivity index (χ4n) is 1.67. The Kier molecular flexibility index (Phi) is 4.83. The third kappa shape index (κ3) is 3.63.